The van der Waals surface area contributed by atoms with E-state index in [9.17, 15) is 13.2 Å². The van der Waals surface area contributed by atoms with Gasteiger partial charge in [0.05, 0.1) is 30.0 Å². The lowest BCUT2D eigenvalue weighted by Crippen LogP contribution is -2.39. The number of carbonyl (C=O) groups excluding carboxylic acids is 1. The van der Waals surface area contributed by atoms with E-state index in [2.05, 4.69) is 40.2 Å². The summed E-state index contributed by atoms with van der Waals surface area (Å²) in [6.45, 7) is 6.10. The number of H-pyrrole nitrogens is 1. The lowest BCUT2D eigenvalue weighted by molar-refractivity contribution is 0.0342. The van der Waals surface area contributed by atoms with E-state index < -0.39 is 15.9 Å². The lowest BCUT2D eigenvalue weighted by atomic mass is 9.88. The number of nitrogens with zero attached hydrogens (tertiary/aromatic N) is 3. The van der Waals surface area contributed by atoms with Crippen molar-refractivity contribution in [2.45, 2.75) is 31.7 Å². The van der Waals surface area contributed by atoms with Gasteiger partial charge in [-0.15, -0.1) is 0 Å². The average Bonchev–Trinajstić information content (AvgIpc) is 3.37. The number of aromatic nitrogens is 1. The van der Waals surface area contributed by atoms with Gasteiger partial charge in [-0.25, -0.2) is 12.7 Å². The topological polar surface area (TPSA) is 112 Å². The number of carbonyl (C=O) groups is 1. The maximum atomic E-state index is 12.9. The Morgan fingerprint density at radius 3 is 2.40 bits per heavy atom. The van der Waals surface area contributed by atoms with Gasteiger partial charge in [0.15, 0.2) is 0 Å². The van der Waals surface area contributed by atoms with Gasteiger partial charge in [0.1, 0.15) is 0 Å². The third kappa shape index (κ3) is 6.58. The first kappa shape index (κ1) is 28.8. The summed E-state index contributed by atoms with van der Waals surface area (Å²) in [5, 5.41) is 0.982. The zero-order chi connectivity index (χ0) is 28.3. The molecule has 5 rings (SSSR count). The highest BCUT2D eigenvalue weighted by Crippen LogP contribution is 2.37. The molecule has 0 radical (unpaired) electrons. The second-order valence-corrected chi connectivity index (χ2v) is 13.4. The number of sulfonamides is 1. The lowest BCUT2D eigenvalue weighted by Gasteiger charge is -2.31. The van der Waals surface area contributed by atoms with Gasteiger partial charge in [0.2, 0.25) is 10.0 Å². The van der Waals surface area contributed by atoms with Crippen LogP contribution in [0.4, 0.5) is 0 Å². The maximum absolute atomic E-state index is 12.9. The van der Waals surface area contributed by atoms with Crippen LogP contribution in [0.5, 0.6) is 0 Å². The SMILES string of the molecule is CN(C)CCCS(=O)(=O)N1CCC(c2c[nH]c3c(C(N)=O)cc(-c4ccc(CN5CCOCC5)cc4)cc23)CC1. The van der Waals surface area contributed by atoms with Crippen LogP contribution in [0.2, 0.25) is 0 Å². The molecule has 1 aromatic heterocycles. The first-order valence-corrected chi connectivity index (χ1v) is 15.8. The molecule has 0 spiro atoms. The summed E-state index contributed by atoms with van der Waals surface area (Å²) in [6.07, 6.45) is 4.08. The molecule has 2 aliphatic heterocycles. The predicted octanol–water partition coefficient (Wildman–Crippen LogP) is 3.23. The Kier molecular flexibility index (Phi) is 8.92. The number of hydrogen-bond donors (Lipinski definition) is 2. The van der Waals surface area contributed by atoms with Crippen molar-refractivity contribution >= 4 is 26.8 Å². The van der Waals surface area contributed by atoms with Crippen molar-refractivity contribution in [1.82, 2.24) is 19.1 Å². The number of fused-ring (bicyclic) bond motifs is 1. The molecule has 1 amide bonds. The van der Waals surface area contributed by atoms with E-state index in [0.29, 0.717) is 25.1 Å². The minimum absolute atomic E-state index is 0.180. The molecule has 3 aromatic rings. The van der Waals surface area contributed by atoms with Crippen LogP contribution in [-0.2, 0) is 21.3 Å². The van der Waals surface area contributed by atoms with E-state index in [1.807, 2.05) is 31.3 Å². The van der Waals surface area contributed by atoms with Crippen molar-refractivity contribution in [1.29, 1.82) is 0 Å². The van der Waals surface area contributed by atoms with E-state index in [-0.39, 0.29) is 11.7 Å². The number of aromatic amines is 1. The Balaban J connectivity index is 1.34. The molecule has 0 saturated carbocycles. The summed E-state index contributed by atoms with van der Waals surface area (Å²) in [7, 11) is 0.650. The number of primary amides is 1. The maximum Gasteiger partial charge on any atom is 0.250 e. The van der Waals surface area contributed by atoms with Gasteiger partial charge in [-0.2, -0.15) is 0 Å². The number of benzene rings is 2. The second-order valence-electron chi connectivity index (χ2n) is 11.3. The molecule has 0 aliphatic carbocycles. The Morgan fingerprint density at radius 1 is 1.05 bits per heavy atom. The fraction of sp³-hybridized carbons (Fsp3) is 0.500. The van der Waals surface area contributed by atoms with Gasteiger partial charge < -0.3 is 20.4 Å². The fourth-order valence-electron chi connectivity index (χ4n) is 5.91. The fourth-order valence-corrected chi connectivity index (χ4v) is 7.43. The van der Waals surface area contributed by atoms with Gasteiger partial charge in [-0.3, -0.25) is 9.69 Å². The van der Waals surface area contributed by atoms with E-state index in [1.165, 1.54) is 5.56 Å². The number of nitrogens with one attached hydrogen (secondary N) is 1. The largest absolute Gasteiger partial charge is 0.379 e. The van der Waals surface area contributed by atoms with Crippen molar-refractivity contribution in [2.24, 2.45) is 5.73 Å². The van der Waals surface area contributed by atoms with Gasteiger partial charge in [0.25, 0.3) is 5.91 Å². The number of hydrogen-bond acceptors (Lipinski definition) is 6. The minimum Gasteiger partial charge on any atom is -0.379 e. The molecule has 3 heterocycles. The van der Waals surface area contributed by atoms with E-state index in [0.717, 1.165) is 79.8 Å². The Morgan fingerprint density at radius 2 is 1.75 bits per heavy atom. The number of amides is 1. The molecule has 2 saturated heterocycles. The highest BCUT2D eigenvalue weighted by molar-refractivity contribution is 7.89. The van der Waals surface area contributed by atoms with Crippen LogP contribution >= 0.6 is 0 Å². The van der Waals surface area contributed by atoms with Gasteiger partial charge in [0, 0.05) is 44.3 Å². The molecule has 3 N–H and O–H groups in total. The first-order valence-electron chi connectivity index (χ1n) is 14.2. The molecule has 0 bridgehead atoms. The normalized spacial score (nSPS) is 18.1. The third-order valence-electron chi connectivity index (χ3n) is 8.18. The molecule has 0 atom stereocenters. The molecular formula is C30H41N5O4S. The monoisotopic (exact) mass is 567 g/mol. The number of ether oxygens (including phenoxy) is 1. The number of rotatable bonds is 10. The molecule has 0 unspecified atom stereocenters. The molecule has 2 fully saturated rings. The van der Waals surface area contributed by atoms with Gasteiger partial charge in [-0.1, -0.05) is 24.3 Å². The Bertz CT molecular complexity index is 1420. The zero-order valence-electron chi connectivity index (χ0n) is 23.6. The highest BCUT2D eigenvalue weighted by atomic mass is 32.2. The highest BCUT2D eigenvalue weighted by Gasteiger charge is 2.30. The summed E-state index contributed by atoms with van der Waals surface area (Å²) in [4.78, 5) is 20.1. The summed E-state index contributed by atoms with van der Waals surface area (Å²) < 4.78 is 32.8. The minimum atomic E-state index is -3.26. The zero-order valence-corrected chi connectivity index (χ0v) is 24.4. The predicted molar refractivity (Wildman–Crippen MR) is 159 cm³/mol. The smallest absolute Gasteiger partial charge is 0.250 e. The van der Waals surface area contributed by atoms with Crippen molar-refractivity contribution in [2.75, 3.05) is 65.8 Å². The van der Waals surface area contributed by atoms with Crippen LogP contribution < -0.4 is 5.73 Å². The summed E-state index contributed by atoms with van der Waals surface area (Å²) in [5.74, 6) is -0.0869. The third-order valence-corrected chi connectivity index (χ3v) is 10.1. The molecule has 2 aromatic carbocycles. The number of morpholine rings is 1. The van der Waals surface area contributed by atoms with Gasteiger partial charge in [-0.05, 0) is 80.2 Å². The molecule has 216 valence electrons. The second kappa shape index (κ2) is 12.4. The van der Waals surface area contributed by atoms with Gasteiger partial charge >= 0.3 is 0 Å². The standard InChI is InChI=1S/C30H41N5O4S/c1-33(2)10-3-17-40(37,38)35-11-8-24(9-12-35)28-20-32-29-26(28)18-25(19-27(29)30(31)36)23-6-4-22(5-7-23)21-34-13-15-39-16-14-34/h4-7,18-20,24,32H,3,8-17,21H2,1-2H3,(H2,31,36). The Labute approximate surface area is 237 Å². The molecule has 2 aliphatic rings. The van der Waals surface area contributed by atoms with Crippen molar-refractivity contribution < 1.29 is 17.9 Å². The first-order chi connectivity index (χ1) is 19.2. The number of nitrogens with two attached hydrogens (primary N) is 1. The quantitative estimate of drug-likeness (QED) is 0.389. The van der Waals surface area contributed by atoms with Crippen LogP contribution in [0.15, 0.2) is 42.6 Å². The van der Waals surface area contributed by atoms with Crippen molar-refractivity contribution in [3.8, 4) is 11.1 Å². The van der Waals surface area contributed by atoms with Crippen LogP contribution in [0.25, 0.3) is 22.0 Å². The summed E-state index contributed by atoms with van der Waals surface area (Å²) >= 11 is 0. The summed E-state index contributed by atoms with van der Waals surface area (Å²) in [5.41, 5.74) is 11.4. The molecule has 40 heavy (non-hydrogen) atoms. The molecule has 10 heteroatoms. The van der Waals surface area contributed by atoms with E-state index in [4.69, 9.17) is 10.5 Å². The van der Waals surface area contributed by atoms with Crippen molar-refractivity contribution in [3.05, 3.63) is 59.3 Å². The Hall–Kier alpha value is -2.76. The van der Waals surface area contributed by atoms with E-state index >= 15 is 0 Å². The van der Waals surface area contributed by atoms with E-state index in [1.54, 1.807) is 4.31 Å². The van der Waals surface area contributed by atoms with Crippen molar-refractivity contribution in [3.63, 3.8) is 0 Å². The molecule has 9 nitrogen and oxygen atoms in total. The molecular weight excluding hydrogens is 526 g/mol. The van der Waals surface area contributed by atoms with Crippen LogP contribution in [0.1, 0.15) is 46.7 Å². The average molecular weight is 568 g/mol. The summed E-state index contributed by atoms with van der Waals surface area (Å²) in [6, 6.07) is 12.5. The van der Waals surface area contributed by atoms with Crippen LogP contribution in [0.3, 0.4) is 0 Å². The van der Waals surface area contributed by atoms with Crippen LogP contribution in [0, 0.1) is 0 Å². The van der Waals surface area contributed by atoms with Crippen LogP contribution in [-0.4, -0.2) is 99.2 Å². The number of piperidine rings is 1.